The number of carbonyl (C=O) groups is 1. The zero-order valence-corrected chi connectivity index (χ0v) is 13.1. The number of benzene rings is 1. The van der Waals surface area contributed by atoms with Crippen molar-refractivity contribution in [2.24, 2.45) is 0 Å². The highest BCUT2D eigenvalue weighted by Gasteiger charge is 2.28. The Morgan fingerprint density at radius 2 is 2.30 bits per heavy atom. The van der Waals surface area contributed by atoms with Gasteiger partial charge in [0.15, 0.2) is 0 Å². The van der Waals surface area contributed by atoms with Crippen molar-refractivity contribution in [1.29, 1.82) is 0 Å². The number of nitrogens with zero attached hydrogens (tertiary/aromatic N) is 4. The Labute approximate surface area is 136 Å². The highest BCUT2D eigenvalue weighted by atomic mass is 32.1. The molecule has 1 aromatic carbocycles. The fourth-order valence-corrected chi connectivity index (χ4v) is 3.42. The van der Waals surface area contributed by atoms with Crippen LogP contribution in [0.4, 0.5) is 0 Å². The predicted molar refractivity (Wildman–Crippen MR) is 86.6 cm³/mol. The SMILES string of the molecule is O=C(c1ccc2ncsc2c1)N1CC[C@@H](Oc2cccnn2)C1. The summed E-state index contributed by atoms with van der Waals surface area (Å²) < 4.78 is 6.80. The molecule has 1 saturated heterocycles. The van der Waals surface area contributed by atoms with Crippen LogP contribution in [-0.2, 0) is 0 Å². The number of aromatic nitrogens is 3. The van der Waals surface area contributed by atoms with Gasteiger partial charge in [-0.3, -0.25) is 4.79 Å². The summed E-state index contributed by atoms with van der Waals surface area (Å²) >= 11 is 1.54. The molecule has 1 aliphatic rings. The number of fused-ring (bicyclic) bond motifs is 1. The summed E-state index contributed by atoms with van der Waals surface area (Å²) in [5.74, 6) is 0.531. The molecule has 1 fully saturated rings. The van der Waals surface area contributed by atoms with E-state index in [4.69, 9.17) is 4.74 Å². The predicted octanol–water partition coefficient (Wildman–Crippen LogP) is 2.38. The molecule has 3 aromatic rings. The van der Waals surface area contributed by atoms with Gasteiger partial charge in [-0.25, -0.2) is 4.98 Å². The molecular formula is C16H14N4O2S. The van der Waals surface area contributed by atoms with Gasteiger partial charge >= 0.3 is 0 Å². The van der Waals surface area contributed by atoms with E-state index < -0.39 is 0 Å². The number of likely N-dealkylation sites (tertiary alicyclic amines) is 1. The van der Waals surface area contributed by atoms with Gasteiger partial charge < -0.3 is 9.64 Å². The number of thiazole rings is 1. The fourth-order valence-electron chi connectivity index (χ4n) is 2.70. The van der Waals surface area contributed by atoms with Gasteiger partial charge in [-0.2, -0.15) is 5.10 Å². The Morgan fingerprint density at radius 3 is 3.17 bits per heavy atom. The van der Waals surface area contributed by atoms with Gasteiger partial charge in [0.1, 0.15) is 6.10 Å². The lowest BCUT2D eigenvalue weighted by atomic mass is 10.2. The first-order valence-corrected chi connectivity index (χ1v) is 8.24. The molecule has 3 heterocycles. The molecule has 1 atom stereocenters. The van der Waals surface area contributed by atoms with E-state index in [2.05, 4.69) is 15.2 Å². The van der Waals surface area contributed by atoms with E-state index in [0.717, 1.165) is 16.6 Å². The van der Waals surface area contributed by atoms with E-state index in [1.165, 1.54) is 0 Å². The van der Waals surface area contributed by atoms with Crippen molar-refractivity contribution >= 4 is 27.5 Å². The lowest BCUT2D eigenvalue weighted by Gasteiger charge is -2.17. The molecule has 2 aromatic heterocycles. The molecule has 7 heteroatoms. The minimum absolute atomic E-state index is 0.0329. The Morgan fingerprint density at radius 1 is 1.35 bits per heavy atom. The van der Waals surface area contributed by atoms with Crippen molar-refractivity contribution in [3.63, 3.8) is 0 Å². The molecule has 0 bridgehead atoms. The van der Waals surface area contributed by atoms with Gasteiger partial charge in [0, 0.05) is 30.8 Å². The standard InChI is InChI=1S/C16H14N4O2S/c21-16(11-3-4-13-14(8-11)23-10-17-13)20-7-5-12(9-20)22-15-2-1-6-18-19-15/h1-4,6,8,10,12H,5,7,9H2/t12-/m1/s1. The lowest BCUT2D eigenvalue weighted by Crippen LogP contribution is -2.31. The van der Waals surface area contributed by atoms with Gasteiger partial charge in [-0.15, -0.1) is 16.4 Å². The fraction of sp³-hybridized carbons (Fsp3) is 0.250. The van der Waals surface area contributed by atoms with E-state index in [1.54, 1.807) is 35.2 Å². The second kappa shape index (κ2) is 5.92. The van der Waals surface area contributed by atoms with E-state index in [1.807, 2.05) is 23.1 Å². The topological polar surface area (TPSA) is 68.2 Å². The van der Waals surface area contributed by atoms with Crippen molar-refractivity contribution in [3.8, 4) is 5.88 Å². The summed E-state index contributed by atoms with van der Waals surface area (Å²) in [6.07, 6.45) is 2.36. The van der Waals surface area contributed by atoms with Crippen LogP contribution in [0.3, 0.4) is 0 Å². The molecule has 0 radical (unpaired) electrons. The quantitative estimate of drug-likeness (QED) is 0.739. The van der Waals surface area contributed by atoms with E-state index in [0.29, 0.717) is 24.5 Å². The lowest BCUT2D eigenvalue weighted by molar-refractivity contribution is 0.0771. The van der Waals surface area contributed by atoms with Crippen LogP contribution in [0.25, 0.3) is 10.2 Å². The number of amides is 1. The molecular weight excluding hydrogens is 312 g/mol. The van der Waals surface area contributed by atoms with Gasteiger partial charge in [0.2, 0.25) is 5.88 Å². The maximum Gasteiger partial charge on any atom is 0.254 e. The van der Waals surface area contributed by atoms with Gasteiger partial charge in [0.25, 0.3) is 5.91 Å². The van der Waals surface area contributed by atoms with Crippen LogP contribution in [0.5, 0.6) is 5.88 Å². The summed E-state index contributed by atoms with van der Waals surface area (Å²) in [4.78, 5) is 18.7. The summed E-state index contributed by atoms with van der Waals surface area (Å²) in [6, 6.07) is 9.19. The second-order valence-electron chi connectivity index (χ2n) is 5.38. The molecule has 0 spiro atoms. The Bertz CT molecular complexity index is 836. The smallest absolute Gasteiger partial charge is 0.254 e. The average molecular weight is 326 g/mol. The summed E-state index contributed by atoms with van der Waals surface area (Å²) in [7, 11) is 0. The number of rotatable bonds is 3. The van der Waals surface area contributed by atoms with Crippen LogP contribution in [-0.4, -0.2) is 45.2 Å². The van der Waals surface area contributed by atoms with Crippen LogP contribution >= 0.6 is 11.3 Å². The normalized spacial score (nSPS) is 17.6. The molecule has 0 aliphatic carbocycles. The molecule has 6 nitrogen and oxygen atoms in total. The summed E-state index contributed by atoms with van der Waals surface area (Å²) in [5, 5.41) is 7.71. The maximum atomic E-state index is 12.6. The van der Waals surface area contributed by atoms with Crippen molar-refractivity contribution < 1.29 is 9.53 Å². The largest absolute Gasteiger partial charge is 0.471 e. The molecule has 4 rings (SSSR count). The monoisotopic (exact) mass is 326 g/mol. The van der Waals surface area contributed by atoms with Crippen LogP contribution in [0.2, 0.25) is 0 Å². The minimum atomic E-state index is -0.0391. The first-order valence-electron chi connectivity index (χ1n) is 7.36. The Hall–Kier alpha value is -2.54. The molecule has 0 N–H and O–H groups in total. The highest BCUT2D eigenvalue weighted by Crippen LogP contribution is 2.22. The molecule has 116 valence electrons. The molecule has 1 aliphatic heterocycles. The van der Waals surface area contributed by atoms with Gasteiger partial charge in [-0.1, -0.05) is 0 Å². The number of ether oxygens (including phenoxy) is 1. The number of carbonyl (C=O) groups excluding carboxylic acids is 1. The van der Waals surface area contributed by atoms with Crippen molar-refractivity contribution in [1.82, 2.24) is 20.1 Å². The third kappa shape index (κ3) is 2.87. The van der Waals surface area contributed by atoms with Crippen LogP contribution < -0.4 is 4.74 Å². The zero-order chi connectivity index (χ0) is 15.6. The van der Waals surface area contributed by atoms with Crippen LogP contribution in [0.1, 0.15) is 16.8 Å². The molecule has 0 saturated carbocycles. The zero-order valence-electron chi connectivity index (χ0n) is 12.3. The third-order valence-corrected chi connectivity index (χ3v) is 4.64. The van der Waals surface area contributed by atoms with E-state index in [-0.39, 0.29) is 12.0 Å². The molecule has 23 heavy (non-hydrogen) atoms. The van der Waals surface area contributed by atoms with Crippen molar-refractivity contribution in [2.45, 2.75) is 12.5 Å². The van der Waals surface area contributed by atoms with Gasteiger partial charge in [-0.05, 0) is 24.3 Å². The first-order chi connectivity index (χ1) is 11.3. The summed E-state index contributed by atoms with van der Waals surface area (Å²) in [5.41, 5.74) is 3.42. The van der Waals surface area contributed by atoms with E-state index in [9.17, 15) is 4.79 Å². The van der Waals surface area contributed by atoms with Crippen molar-refractivity contribution in [2.75, 3.05) is 13.1 Å². The summed E-state index contributed by atoms with van der Waals surface area (Å²) in [6.45, 7) is 1.25. The second-order valence-corrected chi connectivity index (χ2v) is 6.26. The minimum Gasteiger partial charge on any atom is -0.471 e. The first kappa shape index (κ1) is 14.1. The molecule has 0 unspecified atom stereocenters. The molecule has 1 amide bonds. The maximum absolute atomic E-state index is 12.6. The van der Waals surface area contributed by atoms with Crippen LogP contribution in [0.15, 0.2) is 42.0 Å². The Kier molecular flexibility index (Phi) is 3.63. The third-order valence-electron chi connectivity index (χ3n) is 3.85. The van der Waals surface area contributed by atoms with Crippen molar-refractivity contribution in [3.05, 3.63) is 47.6 Å². The van der Waals surface area contributed by atoms with Crippen LogP contribution in [0, 0.1) is 0 Å². The van der Waals surface area contributed by atoms with Gasteiger partial charge in [0.05, 0.1) is 22.3 Å². The number of hydrogen-bond donors (Lipinski definition) is 0. The highest BCUT2D eigenvalue weighted by molar-refractivity contribution is 7.16. The Balaban J connectivity index is 1.45. The average Bonchev–Trinajstić information content (AvgIpc) is 3.23. The number of hydrogen-bond acceptors (Lipinski definition) is 6. The van der Waals surface area contributed by atoms with E-state index >= 15 is 0 Å².